The lowest BCUT2D eigenvalue weighted by atomic mass is 10.0. The van der Waals surface area contributed by atoms with Crippen LogP contribution in [0, 0.1) is 0 Å². The molecule has 8 N–H and O–H groups in total. The number of carbonyl (C=O) groups excluding carboxylic acids is 4. The third-order valence-electron chi connectivity index (χ3n) is 7.20. The Morgan fingerprint density at radius 1 is 1.09 bits per heavy atom. The van der Waals surface area contributed by atoms with Gasteiger partial charge >= 0.3 is 5.97 Å². The summed E-state index contributed by atoms with van der Waals surface area (Å²) in [5, 5.41) is 26.6. The number of imidazole rings is 1. The number of nitrogens with one attached hydrogen (secondary N) is 4. The van der Waals surface area contributed by atoms with Crippen molar-refractivity contribution in [1.29, 1.82) is 0 Å². The number of aliphatic carboxylic acids is 1. The third kappa shape index (κ3) is 9.89. The number of thiol groups is 1. The molecule has 0 aliphatic carbocycles. The number of aromatic hydroxyl groups is 1. The molecule has 0 spiro atoms. The van der Waals surface area contributed by atoms with Crippen molar-refractivity contribution in [2.45, 2.75) is 62.3 Å². The van der Waals surface area contributed by atoms with E-state index in [1.54, 1.807) is 12.1 Å². The number of aromatic amines is 1. The van der Waals surface area contributed by atoms with E-state index in [9.17, 15) is 34.2 Å². The second kappa shape index (κ2) is 16.9. The summed E-state index contributed by atoms with van der Waals surface area (Å²) in [7, 11) is 0. The Bertz CT molecular complexity index is 1280. The molecule has 3 rings (SSSR count). The van der Waals surface area contributed by atoms with Crippen molar-refractivity contribution in [2.24, 2.45) is 5.73 Å². The molecule has 1 saturated heterocycles. The number of carboxylic acid groups (broad SMARTS) is 1. The highest BCUT2D eigenvalue weighted by Crippen LogP contribution is 2.20. The van der Waals surface area contributed by atoms with Gasteiger partial charge in [0, 0.05) is 30.6 Å². The minimum Gasteiger partial charge on any atom is -0.508 e. The number of H-pyrrole nitrogens is 1. The van der Waals surface area contributed by atoms with Gasteiger partial charge in [-0.2, -0.15) is 24.4 Å². The first-order valence-corrected chi connectivity index (χ1v) is 16.1. The van der Waals surface area contributed by atoms with Gasteiger partial charge in [-0.05, 0) is 55.4 Å². The molecule has 1 fully saturated rings. The molecule has 240 valence electrons. The van der Waals surface area contributed by atoms with Gasteiger partial charge in [0.2, 0.25) is 23.6 Å². The summed E-state index contributed by atoms with van der Waals surface area (Å²) in [4.78, 5) is 72.9. The van der Waals surface area contributed by atoms with Crippen LogP contribution in [0.5, 0.6) is 5.75 Å². The maximum absolute atomic E-state index is 13.5. The predicted molar refractivity (Wildman–Crippen MR) is 167 cm³/mol. The van der Waals surface area contributed by atoms with E-state index in [0.717, 1.165) is 5.56 Å². The normalized spacial score (nSPS) is 17.2. The SMILES string of the molecule is CSCC[C@H](NC(=O)[C@@H]1CCCN1C(=O)[C@@H](N)Cc1ccc(O)cc1)C(=O)N[C@@H](Cc1cnc[nH]1)C(=O)N[C@@H](CS)C(=O)O. The number of rotatable bonds is 16. The number of hydrogen-bond acceptors (Lipinski definition) is 10. The van der Waals surface area contributed by atoms with Crippen molar-refractivity contribution in [3.63, 3.8) is 0 Å². The molecule has 4 amide bonds. The number of amides is 4. The Balaban J connectivity index is 1.71. The Morgan fingerprint density at radius 2 is 1.77 bits per heavy atom. The van der Waals surface area contributed by atoms with E-state index in [-0.39, 0.29) is 30.8 Å². The molecule has 1 aliphatic rings. The summed E-state index contributed by atoms with van der Waals surface area (Å²) in [5.41, 5.74) is 7.49. The summed E-state index contributed by atoms with van der Waals surface area (Å²) in [6.07, 6.45) is 6.17. The van der Waals surface area contributed by atoms with Crippen LogP contribution in [0.3, 0.4) is 0 Å². The van der Waals surface area contributed by atoms with Gasteiger partial charge in [-0.15, -0.1) is 0 Å². The highest BCUT2D eigenvalue weighted by Gasteiger charge is 2.38. The van der Waals surface area contributed by atoms with Crippen LogP contribution in [-0.4, -0.2) is 109 Å². The van der Waals surface area contributed by atoms with Crippen molar-refractivity contribution >= 4 is 54.0 Å². The number of aromatic nitrogens is 2. The van der Waals surface area contributed by atoms with E-state index >= 15 is 0 Å². The van der Waals surface area contributed by atoms with Crippen LogP contribution in [0.25, 0.3) is 0 Å². The molecular weight excluding hydrogens is 610 g/mol. The van der Waals surface area contributed by atoms with E-state index in [1.807, 2.05) is 6.26 Å². The first-order valence-electron chi connectivity index (χ1n) is 14.1. The number of likely N-dealkylation sites (tertiary alicyclic amines) is 1. The van der Waals surface area contributed by atoms with E-state index < -0.39 is 59.8 Å². The number of carbonyl (C=O) groups is 5. The molecule has 1 aromatic heterocycles. The average Bonchev–Trinajstić information content (AvgIpc) is 3.70. The lowest BCUT2D eigenvalue weighted by Gasteiger charge is -2.29. The fourth-order valence-corrected chi connectivity index (χ4v) is 5.54. The second-order valence-corrected chi connectivity index (χ2v) is 11.8. The summed E-state index contributed by atoms with van der Waals surface area (Å²) in [6.45, 7) is 0.337. The third-order valence-corrected chi connectivity index (χ3v) is 8.21. The van der Waals surface area contributed by atoms with Crippen LogP contribution in [0.1, 0.15) is 30.5 Å². The molecule has 0 radical (unpaired) electrons. The van der Waals surface area contributed by atoms with Gasteiger partial charge in [-0.1, -0.05) is 12.1 Å². The summed E-state index contributed by atoms with van der Waals surface area (Å²) in [6, 6.07) is 1.14. The van der Waals surface area contributed by atoms with E-state index in [0.29, 0.717) is 30.8 Å². The number of carboxylic acids is 1. The summed E-state index contributed by atoms with van der Waals surface area (Å²) in [5.74, 6) is -3.10. The largest absolute Gasteiger partial charge is 0.508 e. The van der Waals surface area contributed by atoms with Crippen LogP contribution in [0.4, 0.5) is 0 Å². The predicted octanol–water partition coefficient (Wildman–Crippen LogP) is -0.559. The molecule has 44 heavy (non-hydrogen) atoms. The average molecular weight is 650 g/mol. The summed E-state index contributed by atoms with van der Waals surface area (Å²) < 4.78 is 0. The number of thioether (sulfide) groups is 1. The van der Waals surface area contributed by atoms with Gasteiger partial charge in [0.05, 0.1) is 12.4 Å². The Hall–Kier alpha value is -3.76. The van der Waals surface area contributed by atoms with Crippen molar-refractivity contribution in [3.05, 3.63) is 48.0 Å². The molecule has 1 aliphatic heterocycles. The van der Waals surface area contributed by atoms with Crippen molar-refractivity contribution in [3.8, 4) is 5.75 Å². The van der Waals surface area contributed by atoms with Crippen LogP contribution in [0.15, 0.2) is 36.8 Å². The van der Waals surface area contributed by atoms with Crippen molar-refractivity contribution in [1.82, 2.24) is 30.8 Å². The molecule has 5 atom stereocenters. The lowest BCUT2D eigenvalue weighted by molar-refractivity contribution is -0.141. The quantitative estimate of drug-likeness (QED) is 0.108. The van der Waals surface area contributed by atoms with Crippen LogP contribution >= 0.6 is 24.4 Å². The molecule has 0 unspecified atom stereocenters. The number of nitrogens with zero attached hydrogens (tertiary/aromatic N) is 2. The summed E-state index contributed by atoms with van der Waals surface area (Å²) >= 11 is 5.44. The molecule has 2 heterocycles. The van der Waals surface area contributed by atoms with Gasteiger partial charge < -0.3 is 41.8 Å². The Morgan fingerprint density at radius 3 is 2.39 bits per heavy atom. The number of hydrogen-bond donors (Lipinski definition) is 8. The zero-order valence-electron chi connectivity index (χ0n) is 24.3. The zero-order valence-corrected chi connectivity index (χ0v) is 26.0. The molecule has 0 bridgehead atoms. The highest BCUT2D eigenvalue weighted by atomic mass is 32.2. The molecule has 2 aromatic rings. The first kappa shape index (κ1) is 34.7. The minimum absolute atomic E-state index is 0.0104. The van der Waals surface area contributed by atoms with Crippen molar-refractivity contribution < 1.29 is 34.2 Å². The maximum atomic E-state index is 13.5. The fourth-order valence-electron chi connectivity index (χ4n) is 4.82. The van der Waals surface area contributed by atoms with Crippen LogP contribution < -0.4 is 21.7 Å². The number of nitrogens with two attached hydrogens (primary N) is 1. The first-order chi connectivity index (χ1) is 21.0. The molecule has 1 aromatic carbocycles. The van der Waals surface area contributed by atoms with E-state index in [4.69, 9.17) is 5.73 Å². The van der Waals surface area contributed by atoms with Gasteiger partial charge in [0.1, 0.15) is 29.9 Å². The Labute approximate surface area is 264 Å². The van der Waals surface area contributed by atoms with Gasteiger partial charge in [0.25, 0.3) is 0 Å². The van der Waals surface area contributed by atoms with Gasteiger partial charge in [0.15, 0.2) is 0 Å². The highest BCUT2D eigenvalue weighted by molar-refractivity contribution is 7.98. The van der Waals surface area contributed by atoms with Gasteiger partial charge in [-0.25, -0.2) is 9.78 Å². The van der Waals surface area contributed by atoms with E-state index in [2.05, 4.69) is 38.5 Å². The fraction of sp³-hybridized carbons (Fsp3) is 0.500. The lowest BCUT2D eigenvalue weighted by Crippen LogP contribution is -2.58. The minimum atomic E-state index is -1.27. The number of phenolic OH excluding ortho intramolecular Hbond substituents is 1. The standard InChI is InChI=1S/C28H39N7O7S2/c1-44-10-8-20(24(37)33-21(12-17-13-30-15-31-17)25(38)34-22(14-43)28(41)42)32-26(39)23-3-2-9-35(23)27(40)19(29)11-16-4-6-18(36)7-5-16/h4-7,13,15,19-23,36,43H,2-3,8-12,14,29H2,1H3,(H,30,31)(H,32,39)(H,33,37)(H,34,38)(H,41,42)/t19-,20-,21-,22-,23-/m0/s1. The monoisotopic (exact) mass is 649 g/mol. The molecule has 0 saturated carbocycles. The van der Waals surface area contributed by atoms with Crippen LogP contribution in [0.2, 0.25) is 0 Å². The number of benzene rings is 1. The van der Waals surface area contributed by atoms with E-state index in [1.165, 1.54) is 41.3 Å². The van der Waals surface area contributed by atoms with Crippen molar-refractivity contribution in [2.75, 3.05) is 24.3 Å². The molecule has 14 nitrogen and oxygen atoms in total. The maximum Gasteiger partial charge on any atom is 0.327 e. The van der Waals surface area contributed by atoms with Crippen LogP contribution in [-0.2, 0) is 36.8 Å². The topological polar surface area (TPSA) is 220 Å². The van der Waals surface area contributed by atoms with Gasteiger partial charge in [-0.3, -0.25) is 19.2 Å². The smallest absolute Gasteiger partial charge is 0.327 e. The second-order valence-electron chi connectivity index (χ2n) is 10.4. The molecular formula is C28H39N7O7S2. The Kier molecular flexibility index (Phi) is 13.4. The number of phenols is 1. The molecule has 16 heteroatoms. The zero-order chi connectivity index (χ0) is 32.2.